The Balaban J connectivity index is 2.01. The SMILES string of the molecule is CCC1CCN(C2=C(C#N)C(=O)Cc3ccccc32)CC1. The first-order chi connectivity index (χ1) is 10.2. The monoisotopic (exact) mass is 280 g/mol. The zero-order chi connectivity index (χ0) is 14.8. The van der Waals surface area contributed by atoms with Gasteiger partial charge in [-0.25, -0.2) is 0 Å². The molecule has 0 amide bonds. The highest BCUT2D eigenvalue weighted by Crippen LogP contribution is 2.34. The number of rotatable bonds is 2. The van der Waals surface area contributed by atoms with Crippen molar-refractivity contribution in [1.82, 2.24) is 4.90 Å². The smallest absolute Gasteiger partial charge is 0.179 e. The molecule has 108 valence electrons. The maximum Gasteiger partial charge on any atom is 0.179 e. The number of benzene rings is 1. The van der Waals surface area contributed by atoms with Crippen molar-refractivity contribution in [3.63, 3.8) is 0 Å². The summed E-state index contributed by atoms with van der Waals surface area (Å²) in [5.41, 5.74) is 3.35. The van der Waals surface area contributed by atoms with Crippen LogP contribution >= 0.6 is 0 Å². The zero-order valence-corrected chi connectivity index (χ0v) is 12.4. The van der Waals surface area contributed by atoms with Crippen molar-refractivity contribution in [2.75, 3.05) is 13.1 Å². The van der Waals surface area contributed by atoms with Crippen LogP contribution in [0.5, 0.6) is 0 Å². The number of carbonyl (C=O) groups excluding carboxylic acids is 1. The average Bonchev–Trinajstić information content (AvgIpc) is 2.53. The van der Waals surface area contributed by atoms with E-state index in [0.29, 0.717) is 12.0 Å². The minimum atomic E-state index is -0.0381. The fraction of sp³-hybridized carbons (Fsp3) is 0.444. The molecule has 0 N–H and O–H groups in total. The molecule has 1 aliphatic carbocycles. The number of carbonyl (C=O) groups is 1. The van der Waals surface area contributed by atoms with E-state index in [1.54, 1.807) is 0 Å². The highest BCUT2D eigenvalue weighted by atomic mass is 16.1. The fourth-order valence-corrected chi connectivity index (χ4v) is 3.44. The summed E-state index contributed by atoms with van der Waals surface area (Å²) in [4.78, 5) is 14.5. The zero-order valence-electron chi connectivity index (χ0n) is 12.4. The van der Waals surface area contributed by atoms with Gasteiger partial charge in [-0.2, -0.15) is 5.26 Å². The predicted octanol–water partition coefficient (Wildman–Crippen LogP) is 3.17. The number of piperidine rings is 1. The summed E-state index contributed by atoms with van der Waals surface area (Å²) >= 11 is 0. The number of fused-ring (bicyclic) bond motifs is 1. The predicted molar refractivity (Wildman–Crippen MR) is 82.3 cm³/mol. The largest absolute Gasteiger partial charge is 0.370 e. The Morgan fingerprint density at radius 1 is 1.29 bits per heavy atom. The maximum atomic E-state index is 12.3. The minimum absolute atomic E-state index is 0.0381. The van der Waals surface area contributed by atoms with Crippen molar-refractivity contribution in [1.29, 1.82) is 5.26 Å². The van der Waals surface area contributed by atoms with Gasteiger partial charge >= 0.3 is 0 Å². The van der Waals surface area contributed by atoms with Crippen LogP contribution in [0.25, 0.3) is 5.70 Å². The molecule has 1 saturated heterocycles. The maximum absolute atomic E-state index is 12.3. The van der Waals surface area contributed by atoms with Crippen LogP contribution in [0, 0.1) is 17.2 Å². The molecule has 0 atom stereocenters. The van der Waals surface area contributed by atoms with E-state index >= 15 is 0 Å². The van der Waals surface area contributed by atoms with E-state index in [1.807, 2.05) is 24.3 Å². The number of nitriles is 1. The molecule has 3 heteroatoms. The molecule has 3 rings (SSSR count). The summed E-state index contributed by atoms with van der Waals surface area (Å²) in [6, 6.07) is 10.1. The first-order valence-corrected chi connectivity index (χ1v) is 7.75. The second kappa shape index (κ2) is 5.73. The van der Waals surface area contributed by atoms with Crippen LogP contribution in [0.4, 0.5) is 0 Å². The third-order valence-corrected chi connectivity index (χ3v) is 4.76. The molecule has 0 unspecified atom stereocenters. The van der Waals surface area contributed by atoms with Gasteiger partial charge in [0.25, 0.3) is 0 Å². The lowest BCUT2D eigenvalue weighted by molar-refractivity contribution is -0.114. The Labute approximate surface area is 125 Å². The van der Waals surface area contributed by atoms with Crippen LogP contribution in [0.15, 0.2) is 29.8 Å². The summed E-state index contributed by atoms with van der Waals surface area (Å²) in [7, 11) is 0. The van der Waals surface area contributed by atoms with Gasteiger partial charge in [0.2, 0.25) is 0 Å². The molecule has 0 saturated carbocycles. The van der Waals surface area contributed by atoms with Crippen molar-refractivity contribution < 1.29 is 4.79 Å². The Bertz CT molecular complexity index is 631. The second-order valence-electron chi connectivity index (χ2n) is 5.93. The summed E-state index contributed by atoms with van der Waals surface area (Å²) < 4.78 is 0. The van der Waals surface area contributed by atoms with Crippen molar-refractivity contribution in [2.45, 2.75) is 32.6 Å². The Kier molecular flexibility index (Phi) is 3.79. The van der Waals surface area contributed by atoms with E-state index in [4.69, 9.17) is 0 Å². The van der Waals surface area contributed by atoms with Gasteiger partial charge in [-0.05, 0) is 24.3 Å². The molecule has 0 bridgehead atoms. The van der Waals surface area contributed by atoms with E-state index in [1.165, 1.54) is 6.42 Å². The van der Waals surface area contributed by atoms with Crippen molar-refractivity contribution in [3.05, 3.63) is 41.0 Å². The Morgan fingerprint density at radius 3 is 2.67 bits per heavy atom. The summed E-state index contributed by atoms with van der Waals surface area (Å²) in [6.07, 6.45) is 3.87. The molecule has 3 nitrogen and oxygen atoms in total. The van der Waals surface area contributed by atoms with E-state index in [2.05, 4.69) is 17.9 Å². The molecule has 2 aliphatic rings. The standard InChI is InChI=1S/C18H20N2O/c1-2-13-7-9-20(10-8-13)18-15-6-4-3-5-14(15)11-17(21)16(18)12-19/h3-6,13H,2,7-11H2,1H3. The summed E-state index contributed by atoms with van der Waals surface area (Å²) in [6.45, 7) is 4.13. The van der Waals surface area contributed by atoms with Crippen LogP contribution in [-0.4, -0.2) is 23.8 Å². The third-order valence-electron chi connectivity index (χ3n) is 4.76. The summed E-state index contributed by atoms with van der Waals surface area (Å²) in [5.74, 6) is 0.741. The van der Waals surface area contributed by atoms with Crippen molar-refractivity contribution in [2.24, 2.45) is 5.92 Å². The lowest BCUT2D eigenvalue weighted by Gasteiger charge is -2.37. The van der Waals surface area contributed by atoms with Gasteiger partial charge < -0.3 is 4.90 Å². The van der Waals surface area contributed by atoms with Crippen LogP contribution in [-0.2, 0) is 11.2 Å². The molecule has 1 aliphatic heterocycles. The van der Waals surface area contributed by atoms with Crippen LogP contribution < -0.4 is 0 Å². The quantitative estimate of drug-likeness (QED) is 0.835. The molecule has 1 aromatic rings. The summed E-state index contributed by atoms with van der Waals surface area (Å²) in [5, 5.41) is 9.43. The first kappa shape index (κ1) is 13.9. The molecule has 21 heavy (non-hydrogen) atoms. The van der Waals surface area contributed by atoms with Gasteiger partial charge in [0.15, 0.2) is 5.78 Å². The van der Waals surface area contributed by atoms with Crippen molar-refractivity contribution in [3.8, 4) is 6.07 Å². The highest BCUT2D eigenvalue weighted by molar-refractivity contribution is 6.09. The van der Waals surface area contributed by atoms with E-state index < -0.39 is 0 Å². The average molecular weight is 280 g/mol. The lowest BCUT2D eigenvalue weighted by Crippen LogP contribution is -2.35. The van der Waals surface area contributed by atoms with Crippen LogP contribution in [0.3, 0.4) is 0 Å². The van der Waals surface area contributed by atoms with Crippen LogP contribution in [0.2, 0.25) is 0 Å². The lowest BCUT2D eigenvalue weighted by atomic mass is 9.86. The van der Waals surface area contributed by atoms with Gasteiger partial charge in [0.05, 0.1) is 5.70 Å². The van der Waals surface area contributed by atoms with E-state index in [-0.39, 0.29) is 5.78 Å². The number of Topliss-reactive ketones (excluding diaryl/α,β-unsaturated/α-hetero) is 1. The van der Waals surface area contributed by atoms with Gasteiger partial charge in [0, 0.05) is 25.1 Å². The second-order valence-corrected chi connectivity index (χ2v) is 5.93. The molecule has 1 aromatic carbocycles. The molecular formula is C18H20N2O. The molecule has 0 aromatic heterocycles. The molecule has 0 spiro atoms. The van der Waals surface area contributed by atoms with Crippen molar-refractivity contribution >= 4 is 11.5 Å². The van der Waals surface area contributed by atoms with Gasteiger partial charge in [0.1, 0.15) is 11.6 Å². The fourth-order valence-electron chi connectivity index (χ4n) is 3.44. The van der Waals surface area contributed by atoms with Gasteiger partial charge in [-0.1, -0.05) is 37.6 Å². The topological polar surface area (TPSA) is 44.1 Å². The number of ketones is 1. The Hall–Kier alpha value is -2.08. The Morgan fingerprint density at radius 2 is 2.00 bits per heavy atom. The molecule has 1 fully saturated rings. The van der Waals surface area contributed by atoms with Gasteiger partial charge in [-0.3, -0.25) is 4.79 Å². The number of likely N-dealkylation sites (tertiary alicyclic amines) is 1. The molecule has 0 radical (unpaired) electrons. The third kappa shape index (κ3) is 2.47. The van der Waals surface area contributed by atoms with E-state index in [0.717, 1.165) is 48.7 Å². The first-order valence-electron chi connectivity index (χ1n) is 7.75. The number of nitrogens with zero attached hydrogens (tertiary/aromatic N) is 2. The van der Waals surface area contributed by atoms with Gasteiger partial charge in [-0.15, -0.1) is 0 Å². The van der Waals surface area contributed by atoms with E-state index in [9.17, 15) is 10.1 Å². The number of hydrogen-bond acceptors (Lipinski definition) is 3. The number of allylic oxidation sites excluding steroid dienone is 1. The minimum Gasteiger partial charge on any atom is -0.370 e. The molecule has 1 heterocycles. The molecular weight excluding hydrogens is 260 g/mol. The van der Waals surface area contributed by atoms with Crippen LogP contribution in [0.1, 0.15) is 37.3 Å². The number of hydrogen-bond donors (Lipinski definition) is 0. The highest BCUT2D eigenvalue weighted by Gasteiger charge is 2.30. The normalized spacial score (nSPS) is 19.4.